The predicted molar refractivity (Wildman–Crippen MR) is 65.3 cm³/mol. The van der Waals surface area contributed by atoms with Crippen molar-refractivity contribution >= 4 is 11.6 Å². The van der Waals surface area contributed by atoms with Crippen molar-refractivity contribution in [2.24, 2.45) is 0 Å². The van der Waals surface area contributed by atoms with Gasteiger partial charge in [0.2, 0.25) is 5.88 Å². The van der Waals surface area contributed by atoms with Crippen LogP contribution in [0.5, 0.6) is 11.6 Å². The molecule has 0 saturated carbocycles. The highest BCUT2D eigenvalue weighted by molar-refractivity contribution is 6.17. The Balaban J connectivity index is 2.30. The third-order valence-corrected chi connectivity index (χ3v) is 2.73. The van der Waals surface area contributed by atoms with Crippen LogP contribution in [0.1, 0.15) is 11.1 Å². The lowest BCUT2D eigenvalue weighted by molar-refractivity contribution is -0.140. The van der Waals surface area contributed by atoms with Gasteiger partial charge >= 0.3 is 6.18 Å². The van der Waals surface area contributed by atoms with Gasteiger partial charge in [0.1, 0.15) is 11.6 Å². The number of hydrogen-bond donors (Lipinski definition) is 0. The van der Waals surface area contributed by atoms with Gasteiger partial charge in [0.25, 0.3) is 0 Å². The molecule has 0 fully saturated rings. The van der Waals surface area contributed by atoms with E-state index in [1.54, 1.807) is 6.07 Å². The molecule has 0 aliphatic carbocycles. The van der Waals surface area contributed by atoms with Crippen molar-refractivity contribution in [2.75, 3.05) is 0 Å². The summed E-state index contributed by atoms with van der Waals surface area (Å²) < 4.78 is 56.0. The van der Waals surface area contributed by atoms with Crippen LogP contribution < -0.4 is 4.74 Å². The third-order valence-electron chi connectivity index (χ3n) is 2.42. The van der Waals surface area contributed by atoms with Gasteiger partial charge in [0, 0.05) is 18.1 Å². The van der Waals surface area contributed by atoms with E-state index in [0.29, 0.717) is 17.7 Å². The van der Waals surface area contributed by atoms with Gasteiger partial charge in [-0.05, 0) is 29.8 Å². The maximum atomic E-state index is 13.1. The third kappa shape index (κ3) is 3.39. The summed E-state index contributed by atoms with van der Waals surface area (Å²) in [5.74, 6) is -1.20. The number of alkyl halides is 4. The molecule has 0 saturated heterocycles. The normalized spacial score (nSPS) is 11.4. The SMILES string of the molecule is Fc1ccc(Oc2cc(CCl)ccn2)cc1C(F)(F)F. The Labute approximate surface area is 117 Å². The highest BCUT2D eigenvalue weighted by Crippen LogP contribution is 2.34. The monoisotopic (exact) mass is 305 g/mol. The summed E-state index contributed by atoms with van der Waals surface area (Å²) >= 11 is 5.63. The summed E-state index contributed by atoms with van der Waals surface area (Å²) in [4.78, 5) is 3.84. The van der Waals surface area contributed by atoms with Crippen molar-refractivity contribution in [3.05, 3.63) is 53.5 Å². The second kappa shape index (κ2) is 5.66. The summed E-state index contributed by atoms with van der Waals surface area (Å²) in [5.41, 5.74) is -0.682. The predicted octanol–water partition coefficient (Wildman–Crippen LogP) is 4.77. The van der Waals surface area contributed by atoms with Crippen LogP contribution in [0.3, 0.4) is 0 Å². The van der Waals surface area contributed by atoms with E-state index < -0.39 is 17.6 Å². The highest BCUT2D eigenvalue weighted by atomic mass is 35.5. The first kappa shape index (κ1) is 14.6. The molecule has 2 nitrogen and oxygen atoms in total. The number of rotatable bonds is 3. The molecule has 2 rings (SSSR count). The number of aromatic nitrogens is 1. The smallest absolute Gasteiger partial charge is 0.419 e. The largest absolute Gasteiger partial charge is 0.439 e. The Bertz CT molecular complexity index is 616. The first-order valence-corrected chi connectivity index (χ1v) is 5.99. The number of halogens is 5. The molecule has 0 unspecified atom stereocenters. The van der Waals surface area contributed by atoms with E-state index in [9.17, 15) is 17.6 Å². The average molecular weight is 306 g/mol. The minimum absolute atomic E-state index is 0.0860. The summed E-state index contributed by atoms with van der Waals surface area (Å²) in [7, 11) is 0. The Morgan fingerprint density at radius 3 is 2.55 bits per heavy atom. The molecule has 7 heteroatoms. The molecule has 20 heavy (non-hydrogen) atoms. The van der Waals surface area contributed by atoms with Crippen LogP contribution in [-0.2, 0) is 12.1 Å². The van der Waals surface area contributed by atoms with Gasteiger partial charge in [-0.2, -0.15) is 13.2 Å². The number of hydrogen-bond acceptors (Lipinski definition) is 2. The number of benzene rings is 1. The molecule has 1 aromatic heterocycles. The fourth-order valence-electron chi connectivity index (χ4n) is 1.50. The van der Waals surface area contributed by atoms with E-state index in [0.717, 1.165) is 6.07 Å². The first-order chi connectivity index (χ1) is 9.40. The maximum Gasteiger partial charge on any atom is 0.419 e. The molecule has 0 radical (unpaired) electrons. The molecule has 106 valence electrons. The Hall–Kier alpha value is -1.82. The van der Waals surface area contributed by atoms with Crippen LogP contribution in [-0.4, -0.2) is 4.98 Å². The van der Waals surface area contributed by atoms with E-state index in [1.807, 2.05) is 0 Å². The zero-order valence-corrected chi connectivity index (χ0v) is 10.7. The summed E-state index contributed by atoms with van der Waals surface area (Å²) in [6, 6.07) is 5.52. The molecule has 2 aromatic rings. The zero-order chi connectivity index (χ0) is 14.8. The second-order valence-electron chi connectivity index (χ2n) is 3.88. The molecule has 1 heterocycles. The average Bonchev–Trinajstić information content (AvgIpc) is 2.40. The number of nitrogens with zero attached hydrogens (tertiary/aromatic N) is 1. The lowest BCUT2D eigenvalue weighted by Crippen LogP contribution is -2.08. The Morgan fingerprint density at radius 1 is 1.15 bits per heavy atom. The second-order valence-corrected chi connectivity index (χ2v) is 4.14. The molecule has 0 atom stereocenters. The first-order valence-electron chi connectivity index (χ1n) is 5.45. The molecular weight excluding hydrogens is 298 g/mol. The highest BCUT2D eigenvalue weighted by Gasteiger charge is 2.34. The van der Waals surface area contributed by atoms with Crippen LogP contribution in [0.15, 0.2) is 36.5 Å². The molecule has 0 N–H and O–H groups in total. The topological polar surface area (TPSA) is 22.1 Å². The summed E-state index contributed by atoms with van der Waals surface area (Å²) in [6.45, 7) is 0. The molecule has 0 bridgehead atoms. The van der Waals surface area contributed by atoms with Gasteiger partial charge in [-0.3, -0.25) is 0 Å². The van der Waals surface area contributed by atoms with Gasteiger partial charge in [-0.15, -0.1) is 11.6 Å². The maximum absolute atomic E-state index is 13.1. The molecule has 0 spiro atoms. The Morgan fingerprint density at radius 2 is 1.90 bits per heavy atom. The van der Waals surface area contributed by atoms with Gasteiger partial charge in [0.15, 0.2) is 0 Å². The van der Waals surface area contributed by atoms with Crippen molar-refractivity contribution in [3.63, 3.8) is 0 Å². The quantitative estimate of drug-likeness (QED) is 0.602. The van der Waals surface area contributed by atoms with Gasteiger partial charge in [-0.25, -0.2) is 9.37 Å². The molecule has 0 aliphatic heterocycles. The number of pyridine rings is 1. The van der Waals surface area contributed by atoms with Crippen LogP contribution in [0.2, 0.25) is 0 Å². The Kier molecular flexibility index (Phi) is 4.13. The van der Waals surface area contributed by atoms with Crippen molar-refractivity contribution in [2.45, 2.75) is 12.1 Å². The standard InChI is InChI=1S/C13H8ClF4NO/c14-7-8-3-4-19-12(5-8)20-9-1-2-11(15)10(6-9)13(16,17)18/h1-6H,7H2. The van der Waals surface area contributed by atoms with Gasteiger partial charge < -0.3 is 4.74 Å². The van der Waals surface area contributed by atoms with Crippen molar-refractivity contribution < 1.29 is 22.3 Å². The van der Waals surface area contributed by atoms with Crippen molar-refractivity contribution in [1.82, 2.24) is 4.98 Å². The minimum atomic E-state index is -4.78. The van der Waals surface area contributed by atoms with E-state index in [1.165, 1.54) is 12.3 Å². The van der Waals surface area contributed by atoms with Crippen LogP contribution >= 0.6 is 11.6 Å². The van der Waals surface area contributed by atoms with Crippen molar-refractivity contribution in [3.8, 4) is 11.6 Å². The van der Waals surface area contributed by atoms with E-state index in [4.69, 9.17) is 16.3 Å². The fraction of sp³-hybridized carbons (Fsp3) is 0.154. The lowest BCUT2D eigenvalue weighted by atomic mass is 10.2. The number of ether oxygens (including phenoxy) is 1. The van der Waals surface area contributed by atoms with E-state index >= 15 is 0 Å². The zero-order valence-electron chi connectivity index (χ0n) is 9.92. The minimum Gasteiger partial charge on any atom is -0.439 e. The van der Waals surface area contributed by atoms with Crippen LogP contribution in [0.4, 0.5) is 17.6 Å². The molecule has 0 aliphatic rings. The van der Waals surface area contributed by atoms with Crippen molar-refractivity contribution in [1.29, 1.82) is 0 Å². The van der Waals surface area contributed by atoms with Gasteiger partial charge in [0.05, 0.1) is 5.56 Å². The fourth-order valence-corrected chi connectivity index (χ4v) is 1.66. The van der Waals surface area contributed by atoms with E-state index in [-0.39, 0.29) is 17.5 Å². The lowest BCUT2D eigenvalue weighted by Gasteiger charge is -2.10. The molecule has 0 amide bonds. The van der Waals surface area contributed by atoms with Gasteiger partial charge in [-0.1, -0.05) is 0 Å². The summed E-state index contributed by atoms with van der Waals surface area (Å²) in [5, 5.41) is 0. The molecule has 1 aromatic carbocycles. The van der Waals surface area contributed by atoms with Crippen LogP contribution in [0, 0.1) is 5.82 Å². The summed E-state index contributed by atoms with van der Waals surface area (Å²) in [6.07, 6.45) is -3.36. The van der Waals surface area contributed by atoms with Crippen LogP contribution in [0.25, 0.3) is 0 Å². The van der Waals surface area contributed by atoms with E-state index in [2.05, 4.69) is 4.98 Å². The molecular formula is C13H8ClF4NO.